The quantitative estimate of drug-likeness (QED) is 0.671. The van der Waals surface area contributed by atoms with Crippen molar-refractivity contribution in [2.45, 2.75) is 24.7 Å². The second-order valence-electron chi connectivity index (χ2n) is 6.31. The molecule has 1 atom stereocenters. The lowest BCUT2D eigenvalue weighted by Gasteiger charge is -2.36. The molecule has 1 aliphatic carbocycles. The molecular weight excluding hydrogens is 404 g/mol. The summed E-state index contributed by atoms with van der Waals surface area (Å²) in [6.07, 6.45) is 1.33. The van der Waals surface area contributed by atoms with E-state index in [1.54, 1.807) is 18.2 Å². The summed E-state index contributed by atoms with van der Waals surface area (Å²) in [5, 5.41) is 2.93. The molecular formula is C18H15BrN2O5. The fourth-order valence-electron chi connectivity index (χ4n) is 3.94. The number of nitrogens with one attached hydrogen (secondary N) is 1. The van der Waals surface area contributed by atoms with Gasteiger partial charge in [-0.2, -0.15) is 0 Å². The molecule has 134 valence electrons. The second kappa shape index (κ2) is 5.70. The van der Waals surface area contributed by atoms with E-state index in [1.165, 1.54) is 7.11 Å². The fraction of sp³-hybridized carbons (Fsp3) is 0.278. The molecule has 0 unspecified atom stereocenters. The smallest absolute Gasteiger partial charge is 0.339 e. The van der Waals surface area contributed by atoms with Gasteiger partial charge in [0.05, 0.1) is 12.7 Å². The molecule has 0 amide bonds. The van der Waals surface area contributed by atoms with Crippen LogP contribution in [0.1, 0.15) is 24.8 Å². The summed E-state index contributed by atoms with van der Waals surface area (Å²) >= 11 is 3.39. The molecule has 0 radical (unpaired) electrons. The van der Waals surface area contributed by atoms with Crippen LogP contribution in [-0.2, 0) is 29.3 Å². The Bertz CT molecular complexity index is 949. The molecule has 0 saturated heterocycles. The molecule has 8 heteroatoms. The lowest BCUT2D eigenvalue weighted by molar-refractivity contribution is -0.145. The number of halogens is 1. The molecule has 1 aromatic rings. The number of carbonyl (C=O) groups excluding carboxylic acids is 3. The molecule has 1 spiro atoms. The standard InChI is InChI=1S/C18H15BrN2O5/c1-25-16(23)14-15(20)21-10-6-5-8(19)7-9(10)18(14)13-11(22)3-2-4-12(13)26-17(18)24/h5-7,21H,2-4,20H2,1H3/t18-/m1/s1. The number of ketones is 1. The number of fused-ring (bicyclic) bond motifs is 3. The number of ether oxygens (including phenoxy) is 2. The van der Waals surface area contributed by atoms with Crippen molar-refractivity contribution in [1.29, 1.82) is 0 Å². The number of Topliss-reactive ketones (excluding diaryl/α,β-unsaturated/α-hetero) is 1. The lowest BCUT2D eigenvalue weighted by Crippen LogP contribution is -2.47. The summed E-state index contributed by atoms with van der Waals surface area (Å²) in [7, 11) is 1.20. The molecule has 3 aliphatic rings. The first kappa shape index (κ1) is 16.8. The van der Waals surface area contributed by atoms with Crippen LogP contribution in [0.2, 0.25) is 0 Å². The van der Waals surface area contributed by atoms with Gasteiger partial charge in [-0.25, -0.2) is 9.59 Å². The molecule has 7 nitrogen and oxygen atoms in total. The zero-order valence-electron chi connectivity index (χ0n) is 13.8. The minimum atomic E-state index is -1.71. The maximum Gasteiger partial charge on any atom is 0.339 e. The Kier molecular flexibility index (Phi) is 3.69. The molecule has 2 heterocycles. The Hall–Kier alpha value is -2.61. The van der Waals surface area contributed by atoms with E-state index in [1.807, 2.05) is 0 Å². The molecule has 4 rings (SSSR count). The SMILES string of the molecule is COC(=O)C1=C(N)Nc2ccc(Br)cc2[C@]12C(=O)OC1=C2C(=O)CCC1. The number of methoxy groups -OCH3 is 1. The molecule has 0 saturated carbocycles. The van der Waals surface area contributed by atoms with E-state index in [9.17, 15) is 14.4 Å². The highest BCUT2D eigenvalue weighted by Gasteiger charge is 2.62. The molecule has 26 heavy (non-hydrogen) atoms. The van der Waals surface area contributed by atoms with Gasteiger partial charge in [0, 0.05) is 28.6 Å². The Morgan fingerprint density at radius 3 is 2.85 bits per heavy atom. The van der Waals surface area contributed by atoms with Crippen molar-refractivity contribution >= 4 is 39.3 Å². The summed E-state index contributed by atoms with van der Waals surface area (Å²) in [4.78, 5) is 38.6. The van der Waals surface area contributed by atoms with Crippen LogP contribution in [0.5, 0.6) is 0 Å². The van der Waals surface area contributed by atoms with Gasteiger partial charge < -0.3 is 20.5 Å². The first-order valence-electron chi connectivity index (χ1n) is 8.06. The van der Waals surface area contributed by atoms with Gasteiger partial charge in [0.15, 0.2) is 11.2 Å². The maximum atomic E-state index is 13.2. The monoisotopic (exact) mass is 418 g/mol. The van der Waals surface area contributed by atoms with Gasteiger partial charge in [-0.1, -0.05) is 15.9 Å². The van der Waals surface area contributed by atoms with Crippen LogP contribution < -0.4 is 11.1 Å². The fourth-order valence-corrected chi connectivity index (χ4v) is 4.30. The third-order valence-electron chi connectivity index (χ3n) is 4.95. The zero-order valence-corrected chi connectivity index (χ0v) is 15.4. The van der Waals surface area contributed by atoms with E-state index >= 15 is 0 Å². The largest absolute Gasteiger partial charge is 0.466 e. The number of hydrogen-bond acceptors (Lipinski definition) is 7. The zero-order chi connectivity index (χ0) is 18.6. The summed E-state index contributed by atoms with van der Waals surface area (Å²) in [6, 6.07) is 5.19. The molecule has 2 aliphatic heterocycles. The van der Waals surface area contributed by atoms with Gasteiger partial charge >= 0.3 is 11.9 Å². The van der Waals surface area contributed by atoms with E-state index in [4.69, 9.17) is 15.2 Å². The minimum absolute atomic E-state index is 0.0317. The first-order chi connectivity index (χ1) is 12.4. The number of nitrogens with two attached hydrogens (primary N) is 1. The van der Waals surface area contributed by atoms with E-state index in [2.05, 4.69) is 21.2 Å². The normalized spacial score (nSPS) is 24.2. The van der Waals surface area contributed by atoms with E-state index < -0.39 is 17.4 Å². The van der Waals surface area contributed by atoms with Crippen molar-refractivity contribution in [2.75, 3.05) is 12.4 Å². The Labute approximate surface area is 157 Å². The number of anilines is 1. The molecule has 1 aromatic carbocycles. The third-order valence-corrected chi connectivity index (χ3v) is 5.44. The van der Waals surface area contributed by atoms with Gasteiger partial charge in [0.1, 0.15) is 17.2 Å². The average Bonchev–Trinajstić information content (AvgIpc) is 2.89. The predicted molar refractivity (Wildman–Crippen MR) is 94.6 cm³/mol. The summed E-state index contributed by atoms with van der Waals surface area (Å²) in [6.45, 7) is 0. The Balaban J connectivity index is 2.13. The Morgan fingerprint density at radius 2 is 2.12 bits per heavy atom. The predicted octanol–water partition coefficient (Wildman–Crippen LogP) is 2.02. The average molecular weight is 419 g/mol. The second-order valence-corrected chi connectivity index (χ2v) is 7.23. The Morgan fingerprint density at radius 1 is 1.35 bits per heavy atom. The van der Waals surface area contributed by atoms with Crippen LogP contribution in [0.3, 0.4) is 0 Å². The minimum Gasteiger partial charge on any atom is -0.466 e. The number of carbonyl (C=O) groups is 3. The number of hydrogen-bond donors (Lipinski definition) is 2. The van der Waals surface area contributed by atoms with Crippen molar-refractivity contribution in [2.24, 2.45) is 5.73 Å². The van der Waals surface area contributed by atoms with Crippen molar-refractivity contribution in [1.82, 2.24) is 0 Å². The third kappa shape index (κ3) is 2.02. The summed E-state index contributed by atoms with van der Waals surface area (Å²) in [5.74, 6) is -1.44. The van der Waals surface area contributed by atoms with Gasteiger partial charge in [0.25, 0.3) is 0 Å². The van der Waals surface area contributed by atoms with Crippen molar-refractivity contribution < 1.29 is 23.9 Å². The highest BCUT2D eigenvalue weighted by Crippen LogP contribution is 2.54. The summed E-state index contributed by atoms with van der Waals surface area (Å²) in [5.41, 5.74) is 5.44. The highest BCUT2D eigenvalue weighted by atomic mass is 79.9. The van der Waals surface area contributed by atoms with Crippen LogP contribution in [-0.4, -0.2) is 24.8 Å². The molecule has 3 N–H and O–H groups in total. The van der Waals surface area contributed by atoms with Gasteiger partial charge in [-0.15, -0.1) is 0 Å². The van der Waals surface area contributed by atoms with Crippen LogP contribution in [0, 0.1) is 0 Å². The van der Waals surface area contributed by atoms with Crippen LogP contribution in [0.15, 0.2) is 45.4 Å². The summed E-state index contributed by atoms with van der Waals surface area (Å²) < 4.78 is 11.1. The highest BCUT2D eigenvalue weighted by molar-refractivity contribution is 9.10. The van der Waals surface area contributed by atoms with Gasteiger partial charge in [-0.05, 0) is 24.6 Å². The van der Waals surface area contributed by atoms with E-state index in [0.717, 1.165) is 0 Å². The van der Waals surface area contributed by atoms with Crippen molar-refractivity contribution in [3.05, 3.63) is 51.0 Å². The molecule has 0 bridgehead atoms. The van der Waals surface area contributed by atoms with Crippen molar-refractivity contribution in [3.63, 3.8) is 0 Å². The number of rotatable bonds is 1. The number of esters is 2. The number of allylic oxidation sites excluding steroid dienone is 1. The van der Waals surface area contributed by atoms with Gasteiger partial charge in [-0.3, -0.25) is 4.79 Å². The van der Waals surface area contributed by atoms with Crippen molar-refractivity contribution in [3.8, 4) is 0 Å². The maximum absolute atomic E-state index is 13.2. The molecule has 0 aromatic heterocycles. The van der Waals surface area contributed by atoms with Crippen LogP contribution in [0.4, 0.5) is 5.69 Å². The van der Waals surface area contributed by atoms with Crippen LogP contribution in [0.25, 0.3) is 0 Å². The first-order valence-corrected chi connectivity index (χ1v) is 8.85. The van der Waals surface area contributed by atoms with Gasteiger partial charge in [0.2, 0.25) is 0 Å². The van der Waals surface area contributed by atoms with Crippen LogP contribution >= 0.6 is 15.9 Å². The molecule has 0 fully saturated rings. The van der Waals surface area contributed by atoms with E-state index in [-0.39, 0.29) is 29.2 Å². The van der Waals surface area contributed by atoms with E-state index in [0.29, 0.717) is 34.3 Å². The topological polar surface area (TPSA) is 108 Å². The number of benzene rings is 1. The lowest BCUT2D eigenvalue weighted by atomic mass is 9.64.